The van der Waals surface area contributed by atoms with Crippen LogP contribution in [-0.4, -0.2) is 46.6 Å². The number of anilines is 1. The lowest BCUT2D eigenvalue weighted by Crippen LogP contribution is -2.36. The van der Waals surface area contributed by atoms with Crippen LogP contribution in [0, 0.1) is 5.92 Å². The first-order chi connectivity index (χ1) is 15.0. The molecule has 0 spiro atoms. The van der Waals surface area contributed by atoms with Crippen molar-refractivity contribution in [2.75, 3.05) is 25.0 Å². The SMILES string of the molecule is CN(Cc1cccc(N2CCC(C(=O)O)CC2)c1)C(=O)CCn1ccc2ccccc21. The third-order valence-electron chi connectivity index (χ3n) is 6.21. The predicted octanol–water partition coefficient (Wildman–Crippen LogP) is 3.99. The molecule has 31 heavy (non-hydrogen) atoms. The number of hydrogen-bond acceptors (Lipinski definition) is 3. The number of carbonyl (C=O) groups excluding carboxylic acids is 1. The van der Waals surface area contributed by atoms with Gasteiger partial charge < -0.3 is 19.5 Å². The molecule has 1 aliphatic heterocycles. The lowest BCUT2D eigenvalue weighted by Gasteiger charge is -2.32. The van der Waals surface area contributed by atoms with E-state index in [0.717, 1.165) is 29.9 Å². The number of aryl methyl sites for hydroxylation is 1. The van der Waals surface area contributed by atoms with Crippen LogP contribution in [0.3, 0.4) is 0 Å². The topological polar surface area (TPSA) is 65.8 Å². The van der Waals surface area contributed by atoms with Crippen molar-refractivity contribution in [3.63, 3.8) is 0 Å². The van der Waals surface area contributed by atoms with Gasteiger partial charge in [0.05, 0.1) is 5.92 Å². The minimum atomic E-state index is -0.693. The van der Waals surface area contributed by atoms with Crippen molar-refractivity contribution in [3.05, 3.63) is 66.4 Å². The number of benzene rings is 2. The van der Waals surface area contributed by atoms with Gasteiger partial charge in [-0.1, -0.05) is 30.3 Å². The maximum atomic E-state index is 12.7. The summed E-state index contributed by atoms with van der Waals surface area (Å²) < 4.78 is 2.13. The summed E-state index contributed by atoms with van der Waals surface area (Å²) in [5, 5.41) is 10.4. The van der Waals surface area contributed by atoms with E-state index in [0.29, 0.717) is 32.4 Å². The van der Waals surface area contributed by atoms with Gasteiger partial charge in [0.2, 0.25) is 5.91 Å². The summed E-state index contributed by atoms with van der Waals surface area (Å²) in [6.45, 7) is 2.72. The van der Waals surface area contributed by atoms with Crippen molar-refractivity contribution >= 4 is 28.5 Å². The number of hydrogen-bond donors (Lipinski definition) is 1. The number of carboxylic acids is 1. The van der Waals surface area contributed by atoms with Crippen LogP contribution < -0.4 is 4.90 Å². The summed E-state index contributed by atoms with van der Waals surface area (Å²) in [6, 6.07) is 18.5. The molecule has 0 aliphatic carbocycles. The number of carboxylic acid groups (broad SMARTS) is 1. The molecule has 162 valence electrons. The fraction of sp³-hybridized carbons (Fsp3) is 0.360. The molecule has 2 heterocycles. The van der Waals surface area contributed by atoms with Gasteiger partial charge in [0, 0.05) is 57.0 Å². The Labute approximate surface area is 182 Å². The Morgan fingerprint density at radius 3 is 2.61 bits per heavy atom. The Morgan fingerprint density at radius 1 is 1.06 bits per heavy atom. The zero-order valence-corrected chi connectivity index (χ0v) is 17.9. The van der Waals surface area contributed by atoms with Gasteiger partial charge in [0.1, 0.15) is 0 Å². The smallest absolute Gasteiger partial charge is 0.306 e. The minimum absolute atomic E-state index is 0.116. The number of rotatable bonds is 7. The third-order valence-corrected chi connectivity index (χ3v) is 6.21. The summed E-state index contributed by atoms with van der Waals surface area (Å²) in [5.41, 5.74) is 3.33. The second-order valence-corrected chi connectivity index (χ2v) is 8.34. The van der Waals surface area contributed by atoms with E-state index in [1.165, 1.54) is 5.39 Å². The second kappa shape index (κ2) is 9.25. The van der Waals surface area contributed by atoms with Crippen LogP contribution in [0.25, 0.3) is 10.9 Å². The Bertz CT molecular complexity index is 1070. The van der Waals surface area contributed by atoms with Crippen molar-refractivity contribution < 1.29 is 14.7 Å². The number of fused-ring (bicyclic) bond motifs is 1. The van der Waals surface area contributed by atoms with E-state index >= 15 is 0 Å². The van der Waals surface area contributed by atoms with Crippen molar-refractivity contribution in [2.24, 2.45) is 5.92 Å². The lowest BCUT2D eigenvalue weighted by molar-refractivity contribution is -0.142. The number of nitrogens with zero attached hydrogens (tertiary/aromatic N) is 3. The molecular formula is C25H29N3O3. The molecule has 1 aliphatic rings. The molecule has 1 aromatic heterocycles. The van der Waals surface area contributed by atoms with Crippen LogP contribution in [0.1, 0.15) is 24.8 Å². The molecule has 4 rings (SSSR count). The highest BCUT2D eigenvalue weighted by molar-refractivity contribution is 5.80. The molecule has 0 radical (unpaired) electrons. The van der Waals surface area contributed by atoms with Crippen LogP contribution in [0.5, 0.6) is 0 Å². The van der Waals surface area contributed by atoms with E-state index in [1.807, 2.05) is 37.5 Å². The summed E-state index contributed by atoms with van der Waals surface area (Å²) in [6.07, 6.45) is 3.84. The molecule has 1 amide bonds. The van der Waals surface area contributed by atoms with E-state index in [4.69, 9.17) is 0 Å². The molecule has 1 saturated heterocycles. The number of carbonyl (C=O) groups is 2. The molecule has 1 fully saturated rings. The largest absolute Gasteiger partial charge is 0.481 e. The number of piperidine rings is 1. The first-order valence-corrected chi connectivity index (χ1v) is 10.9. The first kappa shape index (κ1) is 21.0. The maximum absolute atomic E-state index is 12.7. The van der Waals surface area contributed by atoms with Gasteiger partial charge in [0.15, 0.2) is 0 Å². The number of aromatic nitrogens is 1. The number of para-hydroxylation sites is 1. The Balaban J connectivity index is 1.33. The fourth-order valence-corrected chi connectivity index (χ4v) is 4.34. The lowest BCUT2D eigenvalue weighted by atomic mass is 9.96. The van der Waals surface area contributed by atoms with Crippen molar-refractivity contribution in [3.8, 4) is 0 Å². The molecular weight excluding hydrogens is 390 g/mol. The fourth-order valence-electron chi connectivity index (χ4n) is 4.34. The standard InChI is InChI=1S/C25H29N3O3/c1-26(24(29)12-16-28-15-9-20-6-2-3-8-23(20)28)18-19-5-4-7-22(17-19)27-13-10-21(11-14-27)25(30)31/h2-9,15,17,21H,10-14,16,18H2,1H3,(H,30,31). The summed E-state index contributed by atoms with van der Waals surface area (Å²) in [5.74, 6) is -0.812. The molecule has 2 aromatic carbocycles. The van der Waals surface area contributed by atoms with Gasteiger partial charge in [0.25, 0.3) is 0 Å². The third kappa shape index (κ3) is 4.90. The van der Waals surface area contributed by atoms with Gasteiger partial charge in [-0.05, 0) is 48.1 Å². The van der Waals surface area contributed by atoms with Crippen LogP contribution in [0.2, 0.25) is 0 Å². The van der Waals surface area contributed by atoms with Gasteiger partial charge in [-0.2, -0.15) is 0 Å². The van der Waals surface area contributed by atoms with Crippen LogP contribution in [0.15, 0.2) is 60.8 Å². The zero-order chi connectivity index (χ0) is 21.8. The van der Waals surface area contributed by atoms with E-state index < -0.39 is 5.97 Å². The quantitative estimate of drug-likeness (QED) is 0.629. The van der Waals surface area contributed by atoms with Gasteiger partial charge >= 0.3 is 5.97 Å². The molecule has 3 aromatic rings. The highest BCUT2D eigenvalue weighted by Gasteiger charge is 2.24. The Kier molecular flexibility index (Phi) is 6.26. The normalized spacial score (nSPS) is 14.7. The molecule has 6 nitrogen and oxygen atoms in total. The number of aliphatic carboxylic acids is 1. The van der Waals surface area contributed by atoms with Crippen molar-refractivity contribution in [1.82, 2.24) is 9.47 Å². The molecule has 0 atom stereocenters. The maximum Gasteiger partial charge on any atom is 0.306 e. The Hall–Kier alpha value is -3.28. The summed E-state index contributed by atoms with van der Waals surface area (Å²) in [7, 11) is 1.85. The molecule has 1 N–H and O–H groups in total. The van der Waals surface area contributed by atoms with Crippen LogP contribution >= 0.6 is 0 Å². The second-order valence-electron chi connectivity index (χ2n) is 8.34. The highest BCUT2D eigenvalue weighted by atomic mass is 16.4. The van der Waals surface area contributed by atoms with Crippen LogP contribution in [0.4, 0.5) is 5.69 Å². The number of amides is 1. The molecule has 0 bridgehead atoms. The van der Waals surface area contributed by atoms with Crippen LogP contribution in [-0.2, 0) is 22.7 Å². The monoisotopic (exact) mass is 419 g/mol. The highest BCUT2D eigenvalue weighted by Crippen LogP contribution is 2.24. The Morgan fingerprint density at radius 2 is 1.84 bits per heavy atom. The van der Waals surface area contributed by atoms with E-state index in [9.17, 15) is 14.7 Å². The van der Waals surface area contributed by atoms with Gasteiger partial charge in [-0.15, -0.1) is 0 Å². The zero-order valence-electron chi connectivity index (χ0n) is 17.9. The molecule has 6 heteroatoms. The summed E-state index contributed by atoms with van der Waals surface area (Å²) >= 11 is 0. The molecule has 0 saturated carbocycles. The predicted molar refractivity (Wildman–Crippen MR) is 122 cm³/mol. The van der Waals surface area contributed by atoms with E-state index in [-0.39, 0.29) is 11.8 Å². The minimum Gasteiger partial charge on any atom is -0.481 e. The van der Waals surface area contributed by atoms with Gasteiger partial charge in [-0.25, -0.2) is 0 Å². The van der Waals surface area contributed by atoms with Gasteiger partial charge in [-0.3, -0.25) is 9.59 Å². The van der Waals surface area contributed by atoms with Crippen molar-refractivity contribution in [1.29, 1.82) is 0 Å². The van der Waals surface area contributed by atoms with E-state index in [1.54, 1.807) is 4.90 Å². The van der Waals surface area contributed by atoms with E-state index in [2.05, 4.69) is 39.8 Å². The first-order valence-electron chi connectivity index (χ1n) is 10.9. The summed E-state index contributed by atoms with van der Waals surface area (Å²) in [4.78, 5) is 27.9. The average molecular weight is 420 g/mol. The molecule has 0 unspecified atom stereocenters. The van der Waals surface area contributed by atoms with Crippen molar-refractivity contribution in [2.45, 2.75) is 32.4 Å². The average Bonchev–Trinajstić information content (AvgIpc) is 3.21.